The summed E-state index contributed by atoms with van der Waals surface area (Å²) < 4.78 is 6.73. The molecule has 2 amide bonds. The van der Waals surface area contributed by atoms with E-state index in [0.29, 0.717) is 16.5 Å². The fraction of sp³-hybridized carbons (Fsp3) is 0.250. The molecule has 0 saturated heterocycles. The maximum atomic E-state index is 13.2. The van der Waals surface area contributed by atoms with E-state index in [-0.39, 0.29) is 17.6 Å². The van der Waals surface area contributed by atoms with Crippen LogP contribution in [0.2, 0.25) is 0 Å². The number of nitrogens with zero attached hydrogens (tertiary/aromatic N) is 5. The van der Waals surface area contributed by atoms with Crippen molar-refractivity contribution in [3.63, 3.8) is 0 Å². The normalized spacial score (nSPS) is 14.8. The van der Waals surface area contributed by atoms with Gasteiger partial charge in [0.1, 0.15) is 11.3 Å². The standard InChI is InChI=1S/C20H20N6O3S/c1-20(2)18(28)21-15-6-4-5-7-16(15)25(20)17(27)12-30-19-22-23-24-26(19)13-8-10-14(29-3)11-9-13/h4-11H,12H2,1-3H3,(H,21,28). The summed E-state index contributed by atoms with van der Waals surface area (Å²) in [5.41, 5.74) is 1.01. The average molecular weight is 424 g/mol. The molecule has 4 rings (SSSR count). The predicted molar refractivity (Wildman–Crippen MR) is 113 cm³/mol. The monoisotopic (exact) mass is 424 g/mol. The van der Waals surface area contributed by atoms with Crippen molar-refractivity contribution in [1.29, 1.82) is 0 Å². The van der Waals surface area contributed by atoms with Gasteiger partial charge in [-0.05, 0) is 60.7 Å². The van der Waals surface area contributed by atoms with Gasteiger partial charge in [-0.1, -0.05) is 23.9 Å². The number of ether oxygens (including phenoxy) is 1. The van der Waals surface area contributed by atoms with Crippen LogP contribution in [0.3, 0.4) is 0 Å². The van der Waals surface area contributed by atoms with E-state index in [1.54, 1.807) is 31.7 Å². The lowest BCUT2D eigenvalue weighted by molar-refractivity contribution is -0.125. The van der Waals surface area contributed by atoms with Crippen LogP contribution in [0.25, 0.3) is 5.69 Å². The van der Waals surface area contributed by atoms with E-state index < -0.39 is 5.54 Å². The Bertz CT molecular complexity index is 1100. The highest BCUT2D eigenvalue weighted by molar-refractivity contribution is 7.99. The van der Waals surface area contributed by atoms with Crippen LogP contribution in [-0.4, -0.2) is 50.4 Å². The van der Waals surface area contributed by atoms with Crippen molar-refractivity contribution < 1.29 is 14.3 Å². The zero-order valence-electron chi connectivity index (χ0n) is 16.7. The first-order valence-corrected chi connectivity index (χ1v) is 10.2. The van der Waals surface area contributed by atoms with Gasteiger partial charge >= 0.3 is 0 Å². The number of thioether (sulfide) groups is 1. The predicted octanol–water partition coefficient (Wildman–Crippen LogP) is 2.53. The molecule has 1 aliphatic heterocycles. The zero-order valence-corrected chi connectivity index (χ0v) is 17.5. The summed E-state index contributed by atoms with van der Waals surface area (Å²) in [6, 6.07) is 14.5. The van der Waals surface area contributed by atoms with Crippen LogP contribution >= 0.6 is 11.8 Å². The molecular formula is C20H20N6O3S. The minimum Gasteiger partial charge on any atom is -0.497 e. The van der Waals surface area contributed by atoms with E-state index >= 15 is 0 Å². The second-order valence-electron chi connectivity index (χ2n) is 7.12. The Morgan fingerprint density at radius 1 is 1.17 bits per heavy atom. The molecule has 0 saturated carbocycles. The van der Waals surface area contributed by atoms with Crippen LogP contribution in [-0.2, 0) is 9.59 Å². The molecule has 2 aromatic carbocycles. The second kappa shape index (κ2) is 7.79. The number of hydrogen-bond donors (Lipinski definition) is 1. The van der Waals surface area contributed by atoms with E-state index in [1.165, 1.54) is 16.7 Å². The van der Waals surface area contributed by atoms with Gasteiger partial charge in [-0.25, -0.2) is 0 Å². The highest BCUT2D eigenvalue weighted by Crippen LogP contribution is 2.37. The molecule has 0 radical (unpaired) electrons. The first kappa shape index (κ1) is 19.9. The number of methoxy groups -OCH3 is 1. The van der Waals surface area contributed by atoms with Crippen LogP contribution in [0, 0.1) is 0 Å². The molecular weight excluding hydrogens is 404 g/mol. The number of hydrogen-bond acceptors (Lipinski definition) is 7. The lowest BCUT2D eigenvalue weighted by Gasteiger charge is -2.42. The molecule has 2 heterocycles. The van der Waals surface area contributed by atoms with Crippen LogP contribution < -0.4 is 15.0 Å². The summed E-state index contributed by atoms with van der Waals surface area (Å²) in [7, 11) is 1.60. The number of rotatable bonds is 5. The molecule has 1 aliphatic rings. The van der Waals surface area contributed by atoms with Gasteiger partial charge in [-0.2, -0.15) is 4.68 Å². The fourth-order valence-electron chi connectivity index (χ4n) is 3.24. The third-order valence-electron chi connectivity index (χ3n) is 4.84. The lowest BCUT2D eigenvalue weighted by atomic mass is 9.96. The molecule has 1 N–H and O–H groups in total. The average Bonchev–Trinajstić information content (AvgIpc) is 3.21. The van der Waals surface area contributed by atoms with Gasteiger partial charge in [-0.3, -0.25) is 14.5 Å². The zero-order chi connectivity index (χ0) is 21.3. The minimum atomic E-state index is -1.02. The van der Waals surface area contributed by atoms with E-state index in [9.17, 15) is 9.59 Å². The van der Waals surface area contributed by atoms with E-state index in [4.69, 9.17) is 4.74 Å². The third-order valence-corrected chi connectivity index (χ3v) is 5.74. The maximum absolute atomic E-state index is 13.2. The molecule has 154 valence electrons. The summed E-state index contributed by atoms with van der Waals surface area (Å²) in [5.74, 6) is 0.348. The minimum absolute atomic E-state index is 0.0710. The van der Waals surface area contributed by atoms with E-state index in [0.717, 1.165) is 11.4 Å². The van der Waals surface area contributed by atoms with Gasteiger partial charge < -0.3 is 10.1 Å². The third kappa shape index (κ3) is 3.50. The molecule has 0 atom stereocenters. The Balaban J connectivity index is 1.56. The highest BCUT2D eigenvalue weighted by atomic mass is 32.2. The molecule has 10 heteroatoms. The van der Waals surface area contributed by atoms with Crippen molar-refractivity contribution in [2.45, 2.75) is 24.5 Å². The Morgan fingerprint density at radius 3 is 2.63 bits per heavy atom. The number of nitrogens with one attached hydrogen (secondary N) is 1. The fourth-order valence-corrected chi connectivity index (χ4v) is 3.98. The van der Waals surface area contributed by atoms with Crippen molar-refractivity contribution in [1.82, 2.24) is 20.2 Å². The maximum Gasteiger partial charge on any atom is 0.250 e. The van der Waals surface area contributed by atoms with Gasteiger partial charge in [0.2, 0.25) is 17.0 Å². The molecule has 30 heavy (non-hydrogen) atoms. The molecule has 0 aliphatic carbocycles. The van der Waals surface area contributed by atoms with Gasteiger partial charge in [0.05, 0.1) is 29.9 Å². The van der Waals surface area contributed by atoms with Crippen molar-refractivity contribution in [3.8, 4) is 11.4 Å². The summed E-state index contributed by atoms with van der Waals surface area (Å²) in [5, 5.41) is 15.1. The van der Waals surface area contributed by atoms with Crippen molar-refractivity contribution in [3.05, 3.63) is 48.5 Å². The number of anilines is 2. The van der Waals surface area contributed by atoms with Crippen molar-refractivity contribution in [2.75, 3.05) is 23.1 Å². The number of tetrazole rings is 1. The van der Waals surface area contributed by atoms with Crippen LogP contribution in [0.15, 0.2) is 53.7 Å². The summed E-state index contributed by atoms with van der Waals surface area (Å²) >= 11 is 1.21. The number of carbonyl (C=O) groups is 2. The number of aromatic nitrogens is 4. The van der Waals surface area contributed by atoms with E-state index in [1.807, 2.05) is 42.5 Å². The van der Waals surface area contributed by atoms with Crippen molar-refractivity contribution in [2.24, 2.45) is 0 Å². The molecule has 0 fully saturated rings. The van der Waals surface area contributed by atoms with Gasteiger partial charge in [-0.15, -0.1) is 5.10 Å². The Morgan fingerprint density at radius 2 is 1.90 bits per heavy atom. The highest BCUT2D eigenvalue weighted by Gasteiger charge is 2.43. The van der Waals surface area contributed by atoms with Crippen molar-refractivity contribution >= 4 is 35.0 Å². The molecule has 9 nitrogen and oxygen atoms in total. The van der Waals surface area contributed by atoms with Crippen LogP contribution in [0.4, 0.5) is 11.4 Å². The molecule has 0 unspecified atom stereocenters. The van der Waals surface area contributed by atoms with E-state index in [2.05, 4.69) is 20.8 Å². The topological polar surface area (TPSA) is 102 Å². The first-order valence-electron chi connectivity index (χ1n) is 9.21. The Labute approximate surface area is 177 Å². The Kier molecular flexibility index (Phi) is 5.17. The first-order chi connectivity index (χ1) is 14.4. The SMILES string of the molecule is COc1ccc(-n2nnnc2SCC(=O)N2c3ccccc3NC(=O)C2(C)C)cc1. The second-order valence-corrected chi connectivity index (χ2v) is 8.06. The lowest BCUT2D eigenvalue weighted by Crippen LogP contribution is -2.59. The summed E-state index contributed by atoms with van der Waals surface area (Å²) in [6.07, 6.45) is 0. The summed E-state index contributed by atoms with van der Waals surface area (Å²) in [6.45, 7) is 3.45. The molecule has 0 spiro atoms. The number of para-hydroxylation sites is 2. The van der Waals surface area contributed by atoms with Gasteiger partial charge in [0.25, 0.3) is 0 Å². The van der Waals surface area contributed by atoms with Crippen LogP contribution in [0.5, 0.6) is 5.75 Å². The smallest absolute Gasteiger partial charge is 0.250 e. The molecule has 3 aromatic rings. The molecule has 0 bridgehead atoms. The number of carbonyl (C=O) groups excluding carboxylic acids is 2. The number of benzene rings is 2. The van der Waals surface area contributed by atoms with Gasteiger partial charge in [0.15, 0.2) is 0 Å². The van der Waals surface area contributed by atoms with Gasteiger partial charge in [0, 0.05) is 0 Å². The number of fused-ring (bicyclic) bond motifs is 1. The number of amides is 2. The quantitative estimate of drug-likeness (QED) is 0.628. The molecule has 1 aromatic heterocycles. The summed E-state index contributed by atoms with van der Waals surface area (Å²) in [4.78, 5) is 27.3. The Hall–Kier alpha value is -3.40. The largest absolute Gasteiger partial charge is 0.497 e. The van der Waals surface area contributed by atoms with Crippen LogP contribution in [0.1, 0.15) is 13.8 Å².